The minimum Gasteiger partial charge on any atom is -0.379 e. The second kappa shape index (κ2) is 4.77. The van der Waals surface area contributed by atoms with Crippen LogP contribution in [0.3, 0.4) is 0 Å². The monoisotopic (exact) mass is 202 g/mol. The summed E-state index contributed by atoms with van der Waals surface area (Å²) in [6.45, 7) is 5.84. The number of nitrogens with zero attached hydrogens (tertiary/aromatic N) is 1. The SMILES string of the molecule is CC(C)NC(=S)N(C)C1CCOC1. The standard InChI is InChI=1S/C9H18N2OS/c1-7(2)10-9(13)11(3)8-4-5-12-6-8/h7-8H,4-6H2,1-3H3,(H,10,13). The molecule has 0 radical (unpaired) electrons. The Hall–Kier alpha value is -0.350. The predicted molar refractivity (Wildman–Crippen MR) is 57.9 cm³/mol. The average molecular weight is 202 g/mol. The molecule has 4 heteroatoms. The van der Waals surface area contributed by atoms with Gasteiger partial charge in [-0.2, -0.15) is 0 Å². The first kappa shape index (κ1) is 10.7. The first-order chi connectivity index (χ1) is 6.11. The molecule has 1 fully saturated rings. The van der Waals surface area contributed by atoms with Crippen LogP contribution in [0.2, 0.25) is 0 Å². The molecule has 3 nitrogen and oxygen atoms in total. The number of ether oxygens (including phenoxy) is 1. The highest BCUT2D eigenvalue weighted by molar-refractivity contribution is 7.80. The molecule has 1 aliphatic rings. The number of thiocarbonyl (C=S) groups is 1. The Balaban J connectivity index is 2.36. The third-order valence-corrected chi connectivity index (χ3v) is 2.59. The predicted octanol–water partition coefficient (Wildman–Crippen LogP) is 0.990. The third kappa shape index (κ3) is 3.12. The number of likely N-dealkylation sites (N-methyl/N-ethyl adjacent to an activating group) is 1. The van der Waals surface area contributed by atoms with E-state index in [0.717, 1.165) is 24.7 Å². The quantitative estimate of drug-likeness (QED) is 0.675. The third-order valence-electron chi connectivity index (χ3n) is 2.19. The van der Waals surface area contributed by atoms with Crippen molar-refractivity contribution in [1.29, 1.82) is 0 Å². The van der Waals surface area contributed by atoms with Crippen molar-refractivity contribution in [3.63, 3.8) is 0 Å². The maximum absolute atomic E-state index is 5.30. The van der Waals surface area contributed by atoms with Gasteiger partial charge in [0.15, 0.2) is 5.11 Å². The molecule has 0 aromatic carbocycles. The van der Waals surface area contributed by atoms with E-state index >= 15 is 0 Å². The highest BCUT2D eigenvalue weighted by atomic mass is 32.1. The summed E-state index contributed by atoms with van der Waals surface area (Å²) in [4.78, 5) is 2.10. The van der Waals surface area contributed by atoms with Gasteiger partial charge in [0.2, 0.25) is 0 Å². The normalized spacial score (nSPS) is 22.0. The maximum atomic E-state index is 5.30. The van der Waals surface area contributed by atoms with Crippen molar-refractivity contribution in [3.05, 3.63) is 0 Å². The number of rotatable bonds is 2. The molecule has 76 valence electrons. The van der Waals surface area contributed by atoms with Gasteiger partial charge in [0, 0.05) is 19.7 Å². The van der Waals surface area contributed by atoms with Crippen LogP contribution in [0.5, 0.6) is 0 Å². The Bertz CT molecular complexity index is 178. The van der Waals surface area contributed by atoms with Crippen molar-refractivity contribution >= 4 is 17.3 Å². The Morgan fingerprint density at radius 1 is 1.62 bits per heavy atom. The smallest absolute Gasteiger partial charge is 0.169 e. The van der Waals surface area contributed by atoms with E-state index in [4.69, 9.17) is 17.0 Å². The molecule has 0 aliphatic carbocycles. The van der Waals surface area contributed by atoms with Gasteiger partial charge in [-0.05, 0) is 32.5 Å². The van der Waals surface area contributed by atoms with Crippen LogP contribution in [0.4, 0.5) is 0 Å². The fraction of sp³-hybridized carbons (Fsp3) is 0.889. The van der Waals surface area contributed by atoms with Gasteiger partial charge < -0.3 is 15.0 Å². The Morgan fingerprint density at radius 2 is 2.31 bits per heavy atom. The minimum atomic E-state index is 0.400. The topological polar surface area (TPSA) is 24.5 Å². The summed E-state index contributed by atoms with van der Waals surface area (Å²) >= 11 is 5.25. The molecular weight excluding hydrogens is 184 g/mol. The Morgan fingerprint density at radius 3 is 2.77 bits per heavy atom. The molecule has 0 amide bonds. The van der Waals surface area contributed by atoms with E-state index in [0.29, 0.717) is 12.1 Å². The maximum Gasteiger partial charge on any atom is 0.169 e. The second-order valence-corrected chi connectivity index (χ2v) is 4.12. The van der Waals surface area contributed by atoms with Gasteiger partial charge in [0.25, 0.3) is 0 Å². The lowest BCUT2D eigenvalue weighted by Crippen LogP contribution is -2.45. The number of nitrogens with one attached hydrogen (secondary N) is 1. The van der Waals surface area contributed by atoms with Crippen molar-refractivity contribution < 1.29 is 4.74 Å². The highest BCUT2D eigenvalue weighted by Gasteiger charge is 2.21. The van der Waals surface area contributed by atoms with Crippen LogP contribution < -0.4 is 5.32 Å². The van der Waals surface area contributed by atoms with Gasteiger partial charge in [-0.1, -0.05) is 0 Å². The average Bonchev–Trinajstić information content (AvgIpc) is 2.53. The fourth-order valence-corrected chi connectivity index (χ4v) is 1.73. The van der Waals surface area contributed by atoms with Crippen LogP contribution >= 0.6 is 12.2 Å². The van der Waals surface area contributed by atoms with E-state index < -0.39 is 0 Å². The summed E-state index contributed by atoms with van der Waals surface area (Å²) in [5, 5.41) is 4.05. The van der Waals surface area contributed by atoms with E-state index in [1.807, 2.05) is 7.05 Å². The molecule has 1 N–H and O–H groups in total. The zero-order valence-electron chi connectivity index (χ0n) is 8.54. The Kier molecular flexibility index (Phi) is 3.93. The molecule has 1 saturated heterocycles. The molecule has 1 atom stereocenters. The summed E-state index contributed by atoms with van der Waals surface area (Å²) in [6, 6.07) is 0.857. The van der Waals surface area contributed by atoms with Gasteiger partial charge in [-0.15, -0.1) is 0 Å². The summed E-state index contributed by atoms with van der Waals surface area (Å²) < 4.78 is 5.30. The minimum absolute atomic E-state index is 0.400. The van der Waals surface area contributed by atoms with Crippen LogP contribution in [-0.2, 0) is 4.74 Å². The first-order valence-electron chi connectivity index (χ1n) is 4.72. The van der Waals surface area contributed by atoms with Crippen molar-refractivity contribution in [2.75, 3.05) is 20.3 Å². The molecule has 1 heterocycles. The molecule has 0 spiro atoms. The summed E-state index contributed by atoms with van der Waals surface area (Å²) in [7, 11) is 2.02. The summed E-state index contributed by atoms with van der Waals surface area (Å²) in [5.41, 5.74) is 0. The highest BCUT2D eigenvalue weighted by Crippen LogP contribution is 2.10. The molecule has 1 aliphatic heterocycles. The van der Waals surface area contributed by atoms with E-state index in [-0.39, 0.29) is 0 Å². The van der Waals surface area contributed by atoms with Crippen LogP contribution in [0.25, 0.3) is 0 Å². The van der Waals surface area contributed by atoms with Crippen molar-refractivity contribution in [2.24, 2.45) is 0 Å². The number of hydrogen-bond donors (Lipinski definition) is 1. The van der Waals surface area contributed by atoms with E-state index in [1.54, 1.807) is 0 Å². The molecule has 0 bridgehead atoms. The van der Waals surface area contributed by atoms with Crippen molar-refractivity contribution in [1.82, 2.24) is 10.2 Å². The summed E-state index contributed by atoms with van der Waals surface area (Å²) in [6.07, 6.45) is 1.08. The largest absolute Gasteiger partial charge is 0.379 e. The molecule has 1 unspecified atom stereocenters. The van der Waals surface area contributed by atoms with E-state index in [2.05, 4.69) is 24.1 Å². The van der Waals surface area contributed by atoms with Gasteiger partial charge >= 0.3 is 0 Å². The Labute approximate surface area is 85.4 Å². The van der Waals surface area contributed by atoms with E-state index in [1.165, 1.54) is 0 Å². The molecule has 13 heavy (non-hydrogen) atoms. The van der Waals surface area contributed by atoms with E-state index in [9.17, 15) is 0 Å². The summed E-state index contributed by atoms with van der Waals surface area (Å²) in [5.74, 6) is 0. The zero-order valence-corrected chi connectivity index (χ0v) is 9.36. The zero-order chi connectivity index (χ0) is 9.84. The van der Waals surface area contributed by atoms with Gasteiger partial charge in [0.05, 0.1) is 12.6 Å². The lowest BCUT2D eigenvalue weighted by Gasteiger charge is -2.27. The van der Waals surface area contributed by atoms with Crippen LogP contribution in [0.15, 0.2) is 0 Å². The molecular formula is C9H18N2OS. The van der Waals surface area contributed by atoms with Gasteiger partial charge in [0.1, 0.15) is 0 Å². The molecule has 0 aromatic heterocycles. The second-order valence-electron chi connectivity index (χ2n) is 3.73. The van der Waals surface area contributed by atoms with Gasteiger partial charge in [-0.3, -0.25) is 0 Å². The van der Waals surface area contributed by atoms with Crippen LogP contribution in [0, 0.1) is 0 Å². The van der Waals surface area contributed by atoms with Crippen LogP contribution in [-0.4, -0.2) is 42.4 Å². The number of hydrogen-bond acceptors (Lipinski definition) is 2. The lowest BCUT2D eigenvalue weighted by atomic mass is 10.2. The molecule has 1 rings (SSSR count). The molecule has 0 saturated carbocycles. The van der Waals surface area contributed by atoms with Crippen molar-refractivity contribution in [2.45, 2.75) is 32.4 Å². The van der Waals surface area contributed by atoms with Crippen LogP contribution in [0.1, 0.15) is 20.3 Å². The lowest BCUT2D eigenvalue weighted by molar-refractivity contribution is 0.179. The fourth-order valence-electron chi connectivity index (χ4n) is 1.34. The first-order valence-corrected chi connectivity index (χ1v) is 5.13. The molecule has 0 aromatic rings. The van der Waals surface area contributed by atoms with Gasteiger partial charge in [-0.25, -0.2) is 0 Å². The van der Waals surface area contributed by atoms with Crippen molar-refractivity contribution in [3.8, 4) is 0 Å².